The van der Waals surface area contributed by atoms with Crippen LogP contribution in [0.15, 0.2) is 78.6 Å². The number of aliphatic hydroxyl groups excluding tert-OH is 2. The van der Waals surface area contributed by atoms with Gasteiger partial charge in [0.15, 0.2) is 0 Å². The second kappa shape index (κ2) is 12.5. The largest absolute Gasteiger partial charge is 0.494 e. The number of hydrogen-bond donors (Lipinski definition) is 3. The van der Waals surface area contributed by atoms with Crippen LogP contribution in [0.4, 0.5) is 4.79 Å². The maximum atomic E-state index is 13.4. The molecule has 7 nitrogen and oxygen atoms in total. The molecule has 2 aromatic carbocycles. The number of nitrogens with one attached hydrogen (secondary N) is 1. The lowest BCUT2D eigenvalue weighted by atomic mass is 9.93. The topological polar surface area (TPSA) is 95.0 Å². The lowest BCUT2D eigenvalue weighted by Crippen LogP contribution is -2.42. The van der Waals surface area contributed by atoms with Gasteiger partial charge in [-0.2, -0.15) is 0 Å². The van der Waals surface area contributed by atoms with Crippen molar-refractivity contribution in [2.24, 2.45) is 0 Å². The van der Waals surface area contributed by atoms with Gasteiger partial charge in [-0.1, -0.05) is 35.9 Å². The second-order valence-electron chi connectivity index (χ2n) is 8.95. The van der Waals surface area contributed by atoms with E-state index in [0.29, 0.717) is 46.5 Å². The van der Waals surface area contributed by atoms with Crippen molar-refractivity contribution in [3.05, 3.63) is 99.9 Å². The zero-order valence-electron chi connectivity index (χ0n) is 21.0. The van der Waals surface area contributed by atoms with Crippen LogP contribution in [0.25, 0.3) is 10.9 Å². The summed E-state index contributed by atoms with van der Waals surface area (Å²) in [6.07, 6.45) is 4.95. The fourth-order valence-corrected chi connectivity index (χ4v) is 4.72. The number of hydrogen-bond acceptors (Lipinski definition) is 5. The fraction of sp³-hybridized carbons (Fsp3) is 0.276. The third-order valence-electron chi connectivity index (χ3n) is 6.37. The molecule has 0 saturated carbocycles. The first-order chi connectivity index (χ1) is 18.3. The highest BCUT2D eigenvalue weighted by molar-refractivity contribution is 6.31. The Labute approximate surface area is 231 Å². The zero-order chi connectivity index (χ0) is 27.2. The fourth-order valence-electron chi connectivity index (χ4n) is 4.42. The molecule has 1 aromatic heterocycles. The number of aromatic amines is 1. The normalized spacial score (nSPS) is 16.5. The molecule has 0 fully saturated rings. The summed E-state index contributed by atoms with van der Waals surface area (Å²) in [6, 6.07) is 11.8. The predicted octanol–water partition coefficient (Wildman–Crippen LogP) is 6.35. The number of rotatable bonds is 9. The van der Waals surface area contributed by atoms with Crippen molar-refractivity contribution in [2.75, 3.05) is 19.8 Å². The van der Waals surface area contributed by atoms with Crippen molar-refractivity contribution < 1.29 is 24.5 Å². The number of H-pyrrole nitrogens is 1. The summed E-state index contributed by atoms with van der Waals surface area (Å²) in [6.45, 7) is 6.47. The van der Waals surface area contributed by atoms with Crippen LogP contribution in [0.5, 0.6) is 5.75 Å². The van der Waals surface area contributed by atoms with Crippen LogP contribution in [0.3, 0.4) is 0 Å². The van der Waals surface area contributed by atoms with Gasteiger partial charge in [0.05, 0.1) is 19.3 Å². The van der Waals surface area contributed by atoms with E-state index in [1.807, 2.05) is 25.1 Å². The maximum absolute atomic E-state index is 13.4. The van der Waals surface area contributed by atoms with Gasteiger partial charge in [-0.15, -0.1) is 0 Å². The van der Waals surface area contributed by atoms with E-state index in [-0.39, 0.29) is 13.2 Å². The minimum atomic E-state index is -0.830. The summed E-state index contributed by atoms with van der Waals surface area (Å²) in [4.78, 5) is 18.5. The summed E-state index contributed by atoms with van der Waals surface area (Å²) >= 11 is 12.3. The van der Waals surface area contributed by atoms with Crippen molar-refractivity contribution in [1.29, 1.82) is 0 Å². The Bertz CT molecular complexity index is 1360. The molecule has 1 aliphatic rings. The SMILES string of the molecule is C=C(C=CC(=CC)OCCC(O)CO)C1c2[nH]c3ccc(Cl)cc3c2CCN1C(=O)Oc1ccc(Cl)cc1. The molecule has 1 amide bonds. The van der Waals surface area contributed by atoms with Crippen LogP contribution in [-0.4, -0.2) is 52.1 Å². The molecule has 200 valence electrons. The average molecular weight is 557 g/mol. The number of fused-ring (bicyclic) bond motifs is 3. The van der Waals surface area contributed by atoms with Gasteiger partial charge in [-0.05, 0) is 79.1 Å². The number of nitrogens with zero attached hydrogens (tertiary/aromatic N) is 1. The van der Waals surface area contributed by atoms with Crippen molar-refractivity contribution in [3.63, 3.8) is 0 Å². The number of aromatic nitrogens is 1. The zero-order valence-corrected chi connectivity index (χ0v) is 22.5. The summed E-state index contributed by atoms with van der Waals surface area (Å²) < 4.78 is 11.4. The monoisotopic (exact) mass is 556 g/mol. The quantitative estimate of drug-likeness (QED) is 0.211. The van der Waals surface area contributed by atoms with Gasteiger partial charge in [-0.25, -0.2) is 4.79 Å². The number of benzene rings is 2. The lowest BCUT2D eigenvalue weighted by molar-refractivity contribution is 0.0661. The highest BCUT2D eigenvalue weighted by atomic mass is 35.5. The number of ether oxygens (including phenoxy) is 2. The van der Waals surface area contributed by atoms with Crippen molar-refractivity contribution in [2.45, 2.75) is 31.9 Å². The summed E-state index contributed by atoms with van der Waals surface area (Å²) in [5, 5.41) is 20.8. The van der Waals surface area contributed by atoms with Gasteiger partial charge in [-0.3, -0.25) is 4.90 Å². The van der Waals surface area contributed by atoms with Gasteiger partial charge < -0.3 is 24.7 Å². The van der Waals surface area contributed by atoms with E-state index < -0.39 is 18.2 Å². The molecular formula is C29H30Cl2N2O5. The number of carbonyl (C=O) groups excluding carboxylic acids is 1. The van der Waals surface area contributed by atoms with E-state index in [2.05, 4.69) is 11.6 Å². The first kappa shape index (κ1) is 27.8. The molecule has 2 unspecified atom stereocenters. The van der Waals surface area contributed by atoms with Gasteiger partial charge in [0.25, 0.3) is 0 Å². The molecule has 1 aliphatic heterocycles. The average Bonchev–Trinajstić information content (AvgIpc) is 3.28. The summed E-state index contributed by atoms with van der Waals surface area (Å²) in [7, 11) is 0. The van der Waals surface area contributed by atoms with Crippen LogP contribution in [-0.2, 0) is 11.2 Å². The van der Waals surface area contributed by atoms with Crippen molar-refractivity contribution in [3.8, 4) is 5.75 Å². The predicted molar refractivity (Wildman–Crippen MR) is 150 cm³/mol. The minimum Gasteiger partial charge on any atom is -0.494 e. The molecule has 9 heteroatoms. The molecule has 2 atom stereocenters. The number of amides is 1. The molecule has 38 heavy (non-hydrogen) atoms. The number of aliphatic hydroxyl groups is 2. The van der Waals surface area contributed by atoms with E-state index in [9.17, 15) is 9.90 Å². The molecule has 0 saturated heterocycles. The molecule has 3 N–H and O–H groups in total. The summed E-state index contributed by atoms with van der Waals surface area (Å²) in [5.41, 5.74) is 3.51. The van der Waals surface area contributed by atoms with Crippen molar-refractivity contribution in [1.82, 2.24) is 9.88 Å². The van der Waals surface area contributed by atoms with E-state index in [4.69, 9.17) is 37.8 Å². The molecule has 0 bridgehead atoms. The molecular weight excluding hydrogens is 527 g/mol. The Kier molecular flexibility index (Phi) is 9.17. The molecule has 4 rings (SSSR count). The number of carbonyl (C=O) groups is 1. The highest BCUT2D eigenvalue weighted by Gasteiger charge is 2.35. The lowest BCUT2D eigenvalue weighted by Gasteiger charge is -2.35. The molecule has 0 radical (unpaired) electrons. The molecule has 0 aliphatic carbocycles. The van der Waals surface area contributed by atoms with Crippen LogP contribution >= 0.6 is 23.2 Å². The molecule has 2 heterocycles. The van der Waals surface area contributed by atoms with Crippen LogP contribution in [0.1, 0.15) is 30.6 Å². The second-order valence-corrected chi connectivity index (χ2v) is 9.82. The van der Waals surface area contributed by atoms with E-state index >= 15 is 0 Å². The Morgan fingerprint density at radius 3 is 2.66 bits per heavy atom. The minimum absolute atomic E-state index is 0.244. The third-order valence-corrected chi connectivity index (χ3v) is 6.86. The summed E-state index contributed by atoms with van der Waals surface area (Å²) in [5.74, 6) is 0.967. The van der Waals surface area contributed by atoms with Gasteiger partial charge >= 0.3 is 6.09 Å². The molecule has 0 spiro atoms. The first-order valence-electron chi connectivity index (χ1n) is 12.3. The number of allylic oxidation sites excluding steroid dienone is 2. The van der Waals surface area contributed by atoms with Gasteiger partial charge in [0, 0.05) is 39.6 Å². The van der Waals surface area contributed by atoms with E-state index in [0.717, 1.165) is 22.2 Å². The van der Waals surface area contributed by atoms with Crippen LogP contribution in [0, 0.1) is 0 Å². The standard InChI is InChI=1S/C29H30Cl2N2O5/c1-3-22(37-15-13-21(35)17-34)8-4-18(2)28-27-24(25-16-20(31)7-11-26(25)32-27)12-14-33(28)29(36)38-23-9-5-19(30)6-10-23/h3-11,16,21,28,32,34-35H,2,12-15,17H2,1H3. The number of halogens is 2. The Balaban J connectivity index is 1.62. The Hall–Kier alpha value is -3.23. The third kappa shape index (κ3) is 6.42. The Morgan fingerprint density at radius 2 is 1.95 bits per heavy atom. The smallest absolute Gasteiger partial charge is 0.416 e. The van der Waals surface area contributed by atoms with E-state index in [1.165, 1.54) is 0 Å². The van der Waals surface area contributed by atoms with Crippen molar-refractivity contribution >= 4 is 40.2 Å². The van der Waals surface area contributed by atoms with Crippen LogP contribution < -0.4 is 4.74 Å². The Morgan fingerprint density at radius 1 is 1.21 bits per heavy atom. The first-order valence-corrected chi connectivity index (χ1v) is 13.0. The maximum Gasteiger partial charge on any atom is 0.416 e. The van der Waals surface area contributed by atoms with Gasteiger partial charge in [0.1, 0.15) is 17.6 Å². The van der Waals surface area contributed by atoms with E-state index in [1.54, 1.807) is 47.4 Å². The van der Waals surface area contributed by atoms with Crippen LogP contribution in [0.2, 0.25) is 10.0 Å². The van der Waals surface area contributed by atoms with Gasteiger partial charge in [0.2, 0.25) is 0 Å². The highest BCUT2D eigenvalue weighted by Crippen LogP contribution is 2.39. The molecule has 3 aromatic rings.